The van der Waals surface area contributed by atoms with E-state index in [0.29, 0.717) is 11.4 Å². The number of nitrogens with two attached hydrogens (primary N) is 1. The van der Waals surface area contributed by atoms with Gasteiger partial charge in [-0.2, -0.15) is 5.26 Å². The smallest absolute Gasteiger partial charge is 0.240 e. The zero-order valence-electron chi connectivity index (χ0n) is 12.6. The number of nitrogens with zero attached hydrogens (tertiary/aromatic N) is 2. The van der Waals surface area contributed by atoms with Crippen LogP contribution in [0.5, 0.6) is 0 Å². The lowest BCUT2D eigenvalue weighted by Gasteiger charge is -2.13. The maximum atomic E-state index is 11.9. The van der Waals surface area contributed by atoms with Gasteiger partial charge in [0, 0.05) is 11.7 Å². The van der Waals surface area contributed by atoms with Crippen LogP contribution in [0.4, 0.5) is 5.69 Å². The van der Waals surface area contributed by atoms with Crippen LogP contribution in [-0.2, 0) is 17.8 Å². The summed E-state index contributed by atoms with van der Waals surface area (Å²) in [6, 6.07) is 3.85. The van der Waals surface area contributed by atoms with Gasteiger partial charge in [-0.25, -0.2) is 0 Å². The van der Waals surface area contributed by atoms with E-state index in [4.69, 9.17) is 11.0 Å². The predicted molar refractivity (Wildman–Crippen MR) is 80.1 cm³/mol. The molecule has 1 amide bonds. The van der Waals surface area contributed by atoms with E-state index in [1.54, 1.807) is 10.6 Å². The number of hydrogen-bond acceptors (Lipinski definition) is 3. The van der Waals surface area contributed by atoms with E-state index >= 15 is 0 Å². The Bertz CT molecular complexity index is 497. The molecular weight excluding hydrogens is 252 g/mol. The predicted octanol–water partition coefficient (Wildman–Crippen LogP) is 2.20. The van der Waals surface area contributed by atoms with E-state index in [2.05, 4.69) is 18.3 Å². The molecule has 110 valence electrons. The molecule has 0 fully saturated rings. The summed E-state index contributed by atoms with van der Waals surface area (Å²) in [5, 5.41) is 12.0. The van der Waals surface area contributed by atoms with Crippen molar-refractivity contribution in [2.24, 2.45) is 0 Å². The Kier molecular flexibility index (Phi) is 6.10. The van der Waals surface area contributed by atoms with Crippen molar-refractivity contribution in [2.75, 3.05) is 5.73 Å². The Morgan fingerprint density at radius 1 is 1.50 bits per heavy atom. The minimum Gasteiger partial charge on any atom is -0.397 e. The molecule has 0 radical (unpaired) electrons. The van der Waals surface area contributed by atoms with E-state index in [1.165, 1.54) is 0 Å². The Balaban J connectivity index is 2.91. The first-order valence-electron chi connectivity index (χ1n) is 7.16. The van der Waals surface area contributed by atoms with Crippen LogP contribution >= 0.6 is 0 Å². The molecule has 1 heterocycles. The lowest BCUT2D eigenvalue weighted by atomic mass is 10.1. The van der Waals surface area contributed by atoms with Crippen LogP contribution < -0.4 is 11.1 Å². The summed E-state index contributed by atoms with van der Waals surface area (Å²) in [5.74, 6) is -0.0937. The van der Waals surface area contributed by atoms with Crippen molar-refractivity contribution in [2.45, 2.75) is 59.0 Å². The number of nitriles is 1. The Morgan fingerprint density at radius 3 is 2.75 bits per heavy atom. The molecule has 1 aromatic rings. The van der Waals surface area contributed by atoms with Gasteiger partial charge in [-0.15, -0.1) is 0 Å². The SMILES string of the molecule is CCCCCc1c(N)cc(C#N)n1CC(=O)NC(C)C. The molecular formula is C15H24N4O. The molecule has 0 unspecified atom stereocenters. The van der Waals surface area contributed by atoms with Crippen molar-refractivity contribution < 1.29 is 4.79 Å². The molecule has 0 aliphatic carbocycles. The van der Waals surface area contributed by atoms with Gasteiger partial charge in [0.15, 0.2) is 0 Å². The lowest BCUT2D eigenvalue weighted by molar-refractivity contribution is -0.122. The van der Waals surface area contributed by atoms with Crippen LogP contribution in [0.3, 0.4) is 0 Å². The fraction of sp³-hybridized carbons (Fsp3) is 0.600. The molecule has 0 aliphatic heterocycles. The van der Waals surface area contributed by atoms with Gasteiger partial charge < -0.3 is 15.6 Å². The fourth-order valence-electron chi connectivity index (χ4n) is 2.22. The number of unbranched alkanes of at least 4 members (excludes halogenated alkanes) is 2. The minimum atomic E-state index is -0.0937. The highest BCUT2D eigenvalue weighted by Gasteiger charge is 2.15. The number of hydrogen-bond donors (Lipinski definition) is 2. The van der Waals surface area contributed by atoms with E-state index < -0.39 is 0 Å². The molecule has 5 nitrogen and oxygen atoms in total. The Morgan fingerprint density at radius 2 is 2.20 bits per heavy atom. The highest BCUT2D eigenvalue weighted by Crippen LogP contribution is 2.20. The first kappa shape index (κ1) is 16.1. The van der Waals surface area contributed by atoms with Crippen molar-refractivity contribution >= 4 is 11.6 Å². The average molecular weight is 276 g/mol. The molecule has 3 N–H and O–H groups in total. The van der Waals surface area contributed by atoms with Gasteiger partial charge in [-0.3, -0.25) is 4.79 Å². The zero-order chi connectivity index (χ0) is 15.1. The molecule has 0 bridgehead atoms. The molecule has 1 aromatic heterocycles. The largest absolute Gasteiger partial charge is 0.397 e. The summed E-state index contributed by atoms with van der Waals surface area (Å²) in [7, 11) is 0. The summed E-state index contributed by atoms with van der Waals surface area (Å²) >= 11 is 0. The van der Waals surface area contributed by atoms with Crippen LogP contribution in [0.1, 0.15) is 51.4 Å². The minimum absolute atomic E-state index is 0.0875. The summed E-state index contributed by atoms with van der Waals surface area (Å²) in [6.07, 6.45) is 4.06. The highest BCUT2D eigenvalue weighted by atomic mass is 16.2. The van der Waals surface area contributed by atoms with Crippen molar-refractivity contribution in [3.8, 4) is 6.07 Å². The summed E-state index contributed by atoms with van der Waals surface area (Å²) in [4.78, 5) is 11.9. The van der Waals surface area contributed by atoms with Crippen LogP contribution in [0.15, 0.2) is 6.07 Å². The van der Waals surface area contributed by atoms with E-state index in [1.807, 2.05) is 13.8 Å². The zero-order valence-corrected chi connectivity index (χ0v) is 12.6. The summed E-state index contributed by atoms with van der Waals surface area (Å²) in [6.45, 7) is 6.11. The summed E-state index contributed by atoms with van der Waals surface area (Å²) in [5.41, 5.74) is 7.93. The molecule has 0 saturated heterocycles. The van der Waals surface area contributed by atoms with Crippen molar-refractivity contribution in [3.05, 3.63) is 17.5 Å². The maximum Gasteiger partial charge on any atom is 0.240 e. The fourth-order valence-corrected chi connectivity index (χ4v) is 2.22. The third kappa shape index (κ3) is 4.30. The van der Waals surface area contributed by atoms with Crippen molar-refractivity contribution in [3.63, 3.8) is 0 Å². The van der Waals surface area contributed by atoms with Gasteiger partial charge in [0.1, 0.15) is 18.3 Å². The second-order valence-corrected chi connectivity index (χ2v) is 5.31. The monoisotopic (exact) mass is 276 g/mol. The van der Waals surface area contributed by atoms with Gasteiger partial charge in [0.25, 0.3) is 0 Å². The van der Waals surface area contributed by atoms with Gasteiger partial charge in [0.2, 0.25) is 5.91 Å². The standard InChI is InChI=1S/C15H24N4O/c1-4-5-6-7-14-13(17)8-12(9-16)19(14)10-15(20)18-11(2)3/h8,11H,4-7,10,17H2,1-3H3,(H,18,20). The number of anilines is 1. The molecule has 0 spiro atoms. The molecule has 20 heavy (non-hydrogen) atoms. The first-order valence-corrected chi connectivity index (χ1v) is 7.16. The van der Waals surface area contributed by atoms with E-state index in [9.17, 15) is 4.79 Å². The number of aromatic nitrogens is 1. The van der Waals surface area contributed by atoms with E-state index in [0.717, 1.165) is 31.4 Å². The maximum absolute atomic E-state index is 11.9. The number of carbonyl (C=O) groups is 1. The lowest BCUT2D eigenvalue weighted by Crippen LogP contribution is -2.33. The van der Waals surface area contributed by atoms with Crippen LogP contribution in [0.2, 0.25) is 0 Å². The molecule has 0 aliphatic rings. The second kappa shape index (κ2) is 7.59. The molecule has 0 saturated carbocycles. The molecule has 1 rings (SSSR count). The second-order valence-electron chi connectivity index (χ2n) is 5.31. The number of rotatable bonds is 7. The Hall–Kier alpha value is -1.96. The summed E-state index contributed by atoms with van der Waals surface area (Å²) < 4.78 is 1.74. The van der Waals surface area contributed by atoms with Gasteiger partial charge >= 0.3 is 0 Å². The van der Waals surface area contributed by atoms with Crippen LogP contribution in [0.25, 0.3) is 0 Å². The van der Waals surface area contributed by atoms with E-state index in [-0.39, 0.29) is 18.5 Å². The number of carbonyl (C=O) groups excluding carboxylic acids is 1. The highest BCUT2D eigenvalue weighted by molar-refractivity contribution is 5.76. The molecule has 0 atom stereocenters. The normalized spacial score (nSPS) is 10.6. The number of nitrogen functional groups attached to an aromatic ring is 1. The van der Waals surface area contributed by atoms with Gasteiger partial charge in [0.05, 0.1) is 5.69 Å². The quantitative estimate of drug-likeness (QED) is 0.749. The van der Waals surface area contributed by atoms with Crippen LogP contribution in [0, 0.1) is 11.3 Å². The number of amides is 1. The third-order valence-corrected chi connectivity index (χ3v) is 3.13. The number of nitrogens with one attached hydrogen (secondary N) is 1. The Labute approximate surface area is 120 Å². The average Bonchev–Trinajstić information content (AvgIpc) is 2.66. The van der Waals surface area contributed by atoms with Crippen molar-refractivity contribution in [1.82, 2.24) is 9.88 Å². The molecule has 5 heteroatoms. The third-order valence-electron chi connectivity index (χ3n) is 3.13. The van der Waals surface area contributed by atoms with Crippen molar-refractivity contribution in [1.29, 1.82) is 5.26 Å². The van der Waals surface area contributed by atoms with Gasteiger partial charge in [-0.05, 0) is 32.8 Å². The first-order chi connectivity index (χ1) is 9.49. The topological polar surface area (TPSA) is 83.8 Å². The molecule has 0 aromatic carbocycles. The van der Waals surface area contributed by atoms with Gasteiger partial charge in [-0.1, -0.05) is 19.8 Å². The van der Waals surface area contributed by atoms with Crippen LogP contribution in [-0.4, -0.2) is 16.5 Å².